The first kappa shape index (κ1) is 26.1. The topological polar surface area (TPSA) is 122 Å². The number of ether oxygens (including phenoxy) is 1. The molecule has 0 radical (unpaired) electrons. The van der Waals surface area contributed by atoms with E-state index in [9.17, 15) is 9.90 Å². The molecule has 0 amide bonds. The van der Waals surface area contributed by atoms with Gasteiger partial charge in [-0.25, -0.2) is 4.98 Å². The van der Waals surface area contributed by atoms with Gasteiger partial charge in [0, 0.05) is 22.3 Å². The molecule has 3 heterocycles. The Labute approximate surface area is 235 Å². The molecule has 0 bridgehead atoms. The van der Waals surface area contributed by atoms with Crippen LogP contribution in [0.15, 0.2) is 83.7 Å². The predicted octanol–water partition coefficient (Wildman–Crippen LogP) is 4.69. The largest absolute Gasteiger partial charge is 0.508 e. The number of aromatic hydroxyl groups is 1. The first-order valence-electron chi connectivity index (χ1n) is 13.3. The number of tetrazole rings is 1. The summed E-state index contributed by atoms with van der Waals surface area (Å²) in [5.74, 6) is 1.03. The highest BCUT2D eigenvalue weighted by Crippen LogP contribution is 2.33. The number of para-hydroxylation sites is 1. The molecule has 10 nitrogen and oxygen atoms in total. The van der Waals surface area contributed by atoms with Crippen LogP contribution in [0.25, 0.3) is 33.2 Å². The first-order chi connectivity index (χ1) is 19.9. The van der Waals surface area contributed by atoms with Gasteiger partial charge in [0.25, 0.3) is 5.56 Å². The van der Waals surface area contributed by atoms with E-state index in [2.05, 4.69) is 25.4 Å². The first-order valence-corrected chi connectivity index (χ1v) is 13.3. The van der Waals surface area contributed by atoms with Crippen LogP contribution in [0.5, 0.6) is 11.5 Å². The number of phenolic OH excluding ortho intramolecular Hbond substituents is 1. The van der Waals surface area contributed by atoms with Gasteiger partial charge < -0.3 is 19.7 Å². The maximum Gasteiger partial charge on any atom is 0.260 e. The lowest BCUT2D eigenvalue weighted by atomic mass is 9.96. The van der Waals surface area contributed by atoms with E-state index >= 15 is 0 Å². The molecule has 2 N–H and O–H groups in total. The highest BCUT2D eigenvalue weighted by Gasteiger charge is 2.24. The summed E-state index contributed by atoms with van der Waals surface area (Å²) in [6.07, 6.45) is 0. The third-order valence-corrected chi connectivity index (χ3v) is 7.17. The lowest BCUT2D eigenvalue weighted by Crippen LogP contribution is -2.22. The van der Waals surface area contributed by atoms with Gasteiger partial charge in [-0.15, -0.1) is 10.2 Å². The summed E-state index contributed by atoms with van der Waals surface area (Å²) in [7, 11) is 3.86. The van der Waals surface area contributed by atoms with Crippen molar-refractivity contribution in [3.05, 3.63) is 106 Å². The number of aromatic amines is 1. The number of pyridine rings is 2. The van der Waals surface area contributed by atoms with Crippen LogP contribution < -0.4 is 10.3 Å². The Bertz CT molecular complexity index is 1930. The predicted molar refractivity (Wildman–Crippen MR) is 157 cm³/mol. The molecule has 0 aliphatic carbocycles. The number of aromatic nitrogens is 6. The zero-order valence-electron chi connectivity index (χ0n) is 22.9. The fourth-order valence-corrected chi connectivity index (χ4v) is 4.87. The van der Waals surface area contributed by atoms with Crippen LogP contribution >= 0.6 is 0 Å². The Morgan fingerprint density at radius 3 is 2.73 bits per heavy atom. The molecule has 1 atom stereocenters. The van der Waals surface area contributed by atoms with E-state index in [4.69, 9.17) is 4.74 Å². The van der Waals surface area contributed by atoms with Crippen molar-refractivity contribution >= 4 is 21.8 Å². The van der Waals surface area contributed by atoms with E-state index in [1.807, 2.05) is 86.6 Å². The van der Waals surface area contributed by atoms with Crippen LogP contribution in [-0.2, 0) is 13.2 Å². The van der Waals surface area contributed by atoms with Gasteiger partial charge in [-0.1, -0.05) is 36.4 Å². The van der Waals surface area contributed by atoms with Crippen molar-refractivity contribution in [3.8, 4) is 22.9 Å². The molecule has 3 aromatic heterocycles. The second-order valence-corrected chi connectivity index (χ2v) is 10.2. The Morgan fingerprint density at radius 1 is 1.02 bits per heavy atom. The highest BCUT2D eigenvalue weighted by molar-refractivity contribution is 5.89. The number of benzene rings is 3. The second-order valence-electron chi connectivity index (χ2n) is 10.2. The fraction of sp³-hybridized carbons (Fsp3) is 0.194. The average molecular weight is 548 g/mol. The summed E-state index contributed by atoms with van der Waals surface area (Å²) >= 11 is 0. The van der Waals surface area contributed by atoms with Crippen molar-refractivity contribution in [1.82, 2.24) is 35.1 Å². The van der Waals surface area contributed by atoms with Crippen molar-refractivity contribution in [2.24, 2.45) is 0 Å². The van der Waals surface area contributed by atoms with Gasteiger partial charge in [-0.2, -0.15) is 4.80 Å². The minimum absolute atomic E-state index is 0.109. The summed E-state index contributed by atoms with van der Waals surface area (Å²) in [4.78, 5) is 24.3. The van der Waals surface area contributed by atoms with Gasteiger partial charge in [0.05, 0.1) is 23.3 Å². The summed E-state index contributed by atoms with van der Waals surface area (Å²) in [5.41, 5.74) is 4.05. The van der Waals surface area contributed by atoms with E-state index in [-0.39, 0.29) is 23.2 Å². The van der Waals surface area contributed by atoms with Gasteiger partial charge in [0.2, 0.25) is 5.82 Å². The number of phenols is 1. The van der Waals surface area contributed by atoms with Crippen LogP contribution in [0.1, 0.15) is 29.8 Å². The Kier molecular flexibility index (Phi) is 6.90. The number of rotatable bonds is 8. The van der Waals surface area contributed by atoms with Crippen molar-refractivity contribution in [1.29, 1.82) is 0 Å². The Balaban J connectivity index is 1.25. The molecule has 1 unspecified atom stereocenters. The van der Waals surface area contributed by atoms with Gasteiger partial charge >= 0.3 is 0 Å². The molecule has 0 aliphatic rings. The number of H-pyrrole nitrogens is 1. The molecular formula is C31H29N7O3. The molecule has 6 aromatic rings. The molecule has 6 rings (SSSR count). The maximum atomic E-state index is 13.3. The molecular weight excluding hydrogens is 518 g/mol. The van der Waals surface area contributed by atoms with Gasteiger partial charge in [-0.05, 0) is 79.8 Å². The summed E-state index contributed by atoms with van der Waals surface area (Å²) in [6, 6.07) is 24.4. The molecule has 0 aliphatic heterocycles. The minimum atomic E-state index is -0.316. The van der Waals surface area contributed by atoms with Crippen molar-refractivity contribution in [2.75, 3.05) is 14.1 Å². The zero-order valence-corrected chi connectivity index (χ0v) is 22.9. The third-order valence-electron chi connectivity index (χ3n) is 7.17. The number of nitrogens with zero attached hydrogens (tertiary/aromatic N) is 6. The van der Waals surface area contributed by atoms with Crippen molar-refractivity contribution in [3.63, 3.8) is 0 Å². The molecule has 0 saturated carbocycles. The minimum Gasteiger partial charge on any atom is -0.508 e. The summed E-state index contributed by atoms with van der Waals surface area (Å²) < 4.78 is 6.03. The van der Waals surface area contributed by atoms with E-state index in [1.54, 1.807) is 18.2 Å². The van der Waals surface area contributed by atoms with Crippen molar-refractivity contribution < 1.29 is 9.84 Å². The second kappa shape index (κ2) is 10.8. The van der Waals surface area contributed by atoms with Crippen LogP contribution in [-0.4, -0.2) is 54.3 Å². The number of fused-ring (bicyclic) bond motifs is 2. The Morgan fingerprint density at radius 2 is 1.88 bits per heavy atom. The van der Waals surface area contributed by atoms with Crippen LogP contribution in [0.4, 0.5) is 0 Å². The number of hydrogen-bond donors (Lipinski definition) is 2. The standard InChI is InChI=1S/C31H29N7O3/c1-19(37(2)3)28-25-16-23(39)13-14-27(25)33-31(40)29(28)30-34-36-38(35-30)17-20-7-6-9-24(15-20)41-18-22-12-11-21-8-4-5-10-26(21)32-22/h4-16,19,39H,17-18H2,1-3H3,(H,33,40). The highest BCUT2D eigenvalue weighted by atomic mass is 16.5. The quantitative estimate of drug-likeness (QED) is 0.282. The fourth-order valence-electron chi connectivity index (χ4n) is 4.87. The molecule has 3 aromatic carbocycles. The monoisotopic (exact) mass is 547 g/mol. The molecule has 0 fully saturated rings. The van der Waals surface area contributed by atoms with Gasteiger partial charge in [0.15, 0.2) is 0 Å². The molecule has 206 valence electrons. The summed E-state index contributed by atoms with van der Waals surface area (Å²) in [6.45, 7) is 2.67. The van der Waals surface area contributed by atoms with E-state index in [0.717, 1.165) is 33.1 Å². The number of nitrogens with one attached hydrogen (secondary N) is 1. The van der Waals surface area contributed by atoms with Crippen LogP contribution in [0, 0.1) is 0 Å². The smallest absolute Gasteiger partial charge is 0.260 e. The average Bonchev–Trinajstić information content (AvgIpc) is 3.43. The molecule has 10 heteroatoms. The lowest BCUT2D eigenvalue weighted by Gasteiger charge is -2.23. The van der Waals surface area contributed by atoms with E-state index in [1.165, 1.54) is 4.80 Å². The molecule has 0 spiro atoms. The summed E-state index contributed by atoms with van der Waals surface area (Å²) in [5, 5.41) is 25.0. The van der Waals surface area contributed by atoms with Crippen molar-refractivity contribution in [2.45, 2.75) is 26.1 Å². The van der Waals surface area contributed by atoms with Gasteiger partial charge in [0.1, 0.15) is 18.1 Å². The van der Waals surface area contributed by atoms with E-state index < -0.39 is 0 Å². The van der Waals surface area contributed by atoms with Crippen LogP contribution in [0.3, 0.4) is 0 Å². The van der Waals surface area contributed by atoms with Gasteiger partial charge in [-0.3, -0.25) is 4.79 Å². The Hall–Kier alpha value is -5.09. The van der Waals surface area contributed by atoms with Crippen LogP contribution in [0.2, 0.25) is 0 Å². The maximum absolute atomic E-state index is 13.3. The normalized spacial score (nSPS) is 12.3. The SMILES string of the molecule is CC(c1c(-c2nnn(Cc3cccc(OCc4ccc5ccccc5n4)c3)n2)c(=O)[nH]c2ccc(O)cc12)N(C)C. The molecule has 41 heavy (non-hydrogen) atoms. The lowest BCUT2D eigenvalue weighted by molar-refractivity contribution is 0.301. The third kappa shape index (κ3) is 5.37. The van der Waals surface area contributed by atoms with E-state index in [0.29, 0.717) is 30.0 Å². The zero-order chi connectivity index (χ0) is 28.5. The number of hydrogen-bond acceptors (Lipinski definition) is 8. The molecule has 0 saturated heterocycles.